The molecule has 1 atom stereocenters. The van der Waals surface area contributed by atoms with Crippen LogP contribution in [0.3, 0.4) is 0 Å². The van der Waals surface area contributed by atoms with E-state index in [0.717, 1.165) is 17.5 Å². The van der Waals surface area contributed by atoms with E-state index >= 15 is 0 Å². The molecule has 0 radical (unpaired) electrons. The van der Waals surface area contributed by atoms with Crippen molar-refractivity contribution in [2.75, 3.05) is 20.3 Å². The molecule has 0 bridgehead atoms. The third-order valence-electron chi connectivity index (χ3n) is 2.99. The number of hydrogen-bond acceptors (Lipinski definition) is 4. The molecule has 0 aromatic heterocycles. The highest BCUT2D eigenvalue weighted by atomic mass is 16.5. The number of carbonyl (C=O) groups is 1. The van der Waals surface area contributed by atoms with Gasteiger partial charge in [0.25, 0.3) is 5.91 Å². The summed E-state index contributed by atoms with van der Waals surface area (Å²) in [6, 6.07) is 5.78. The summed E-state index contributed by atoms with van der Waals surface area (Å²) in [5.41, 5.74) is 7.58. The molecule has 0 saturated heterocycles. The maximum absolute atomic E-state index is 11.9. The fraction of sp³-hybridized carbons (Fsp3) is 0.533. The van der Waals surface area contributed by atoms with Crippen molar-refractivity contribution in [3.63, 3.8) is 0 Å². The number of aryl methyl sites for hydroxylation is 1. The first-order valence-corrected chi connectivity index (χ1v) is 6.81. The molecule has 3 N–H and O–H groups in total. The van der Waals surface area contributed by atoms with E-state index in [1.807, 2.05) is 25.1 Å². The van der Waals surface area contributed by atoms with Crippen molar-refractivity contribution in [3.05, 3.63) is 29.3 Å². The highest BCUT2D eigenvalue weighted by Gasteiger charge is 2.15. The Labute approximate surface area is 120 Å². The van der Waals surface area contributed by atoms with Crippen LogP contribution in [0, 0.1) is 6.92 Å². The lowest BCUT2D eigenvalue weighted by Crippen LogP contribution is -2.37. The van der Waals surface area contributed by atoms with Gasteiger partial charge < -0.3 is 20.5 Å². The Balaban J connectivity index is 2.52. The number of nitrogens with one attached hydrogen (secondary N) is 1. The average molecular weight is 280 g/mol. The van der Waals surface area contributed by atoms with Crippen LogP contribution in [0.5, 0.6) is 5.75 Å². The molecule has 5 heteroatoms. The number of nitrogens with two attached hydrogens (primary N) is 1. The van der Waals surface area contributed by atoms with E-state index in [2.05, 4.69) is 5.32 Å². The highest BCUT2D eigenvalue weighted by molar-refractivity contribution is 5.80. The molecule has 112 valence electrons. The van der Waals surface area contributed by atoms with Crippen LogP contribution >= 0.6 is 0 Å². The van der Waals surface area contributed by atoms with Gasteiger partial charge in [-0.15, -0.1) is 0 Å². The van der Waals surface area contributed by atoms with E-state index in [0.29, 0.717) is 25.4 Å². The molecule has 5 nitrogen and oxygen atoms in total. The Kier molecular flexibility index (Phi) is 7.04. The van der Waals surface area contributed by atoms with Gasteiger partial charge in [0.1, 0.15) is 5.75 Å². The van der Waals surface area contributed by atoms with Crippen molar-refractivity contribution in [2.24, 2.45) is 5.73 Å². The number of carbonyl (C=O) groups excluding carboxylic acids is 1. The summed E-state index contributed by atoms with van der Waals surface area (Å²) in [6.45, 7) is 5.35. The lowest BCUT2D eigenvalue weighted by molar-refractivity contribution is -0.127. The first kappa shape index (κ1) is 16.5. The second-order valence-corrected chi connectivity index (χ2v) is 4.70. The van der Waals surface area contributed by atoms with Crippen molar-refractivity contribution >= 4 is 5.91 Å². The average Bonchev–Trinajstić information content (AvgIpc) is 2.45. The lowest BCUT2D eigenvalue weighted by atomic mass is 10.1. The van der Waals surface area contributed by atoms with Crippen LogP contribution in [0.1, 0.15) is 24.5 Å². The topological polar surface area (TPSA) is 73.6 Å². The van der Waals surface area contributed by atoms with E-state index in [4.69, 9.17) is 15.2 Å². The van der Waals surface area contributed by atoms with Crippen LogP contribution in [0.4, 0.5) is 0 Å². The Morgan fingerprint density at radius 3 is 2.85 bits per heavy atom. The second-order valence-electron chi connectivity index (χ2n) is 4.70. The Morgan fingerprint density at radius 1 is 1.45 bits per heavy atom. The standard InChI is InChI=1S/C15H24N2O3/c1-11-5-6-13(10-16)9-14(11)20-12(2)15(18)17-7-4-8-19-3/h5-6,9,12H,4,7-8,10,16H2,1-3H3,(H,17,18). The second kappa shape index (κ2) is 8.55. The van der Waals surface area contributed by atoms with Gasteiger partial charge in [0.15, 0.2) is 6.10 Å². The van der Waals surface area contributed by atoms with Gasteiger partial charge in [-0.25, -0.2) is 0 Å². The number of rotatable bonds is 8. The SMILES string of the molecule is COCCCNC(=O)C(C)Oc1cc(CN)ccc1C. The molecule has 1 aromatic carbocycles. The highest BCUT2D eigenvalue weighted by Crippen LogP contribution is 2.20. The molecular formula is C15H24N2O3. The number of amides is 1. The molecular weight excluding hydrogens is 256 g/mol. The lowest BCUT2D eigenvalue weighted by Gasteiger charge is -2.17. The number of ether oxygens (including phenoxy) is 2. The van der Waals surface area contributed by atoms with Gasteiger partial charge in [-0.2, -0.15) is 0 Å². The zero-order chi connectivity index (χ0) is 15.0. The van der Waals surface area contributed by atoms with E-state index in [-0.39, 0.29) is 5.91 Å². The molecule has 1 aromatic rings. The van der Waals surface area contributed by atoms with Crippen molar-refractivity contribution in [2.45, 2.75) is 32.9 Å². The largest absolute Gasteiger partial charge is 0.481 e. The summed E-state index contributed by atoms with van der Waals surface area (Å²) >= 11 is 0. The Morgan fingerprint density at radius 2 is 2.20 bits per heavy atom. The first-order chi connectivity index (χ1) is 9.58. The van der Waals surface area contributed by atoms with E-state index in [1.165, 1.54) is 0 Å². The monoisotopic (exact) mass is 280 g/mol. The maximum atomic E-state index is 11.9. The van der Waals surface area contributed by atoms with E-state index in [9.17, 15) is 4.79 Å². The fourth-order valence-electron chi connectivity index (χ4n) is 1.71. The summed E-state index contributed by atoms with van der Waals surface area (Å²) < 4.78 is 10.6. The van der Waals surface area contributed by atoms with Crippen molar-refractivity contribution in [3.8, 4) is 5.75 Å². The van der Waals surface area contributed by atoms with Crippen LogP contribution in [-0.2, 0) is 16.1 Å². The molecule has 0 fully saturated rings. The van der Waals surface area contributed by atoms with Crippen molar-refractivity contribution < 1.29 is 14.3 Å². The van der Waals surface area contributed by atoms with Gasteiger partial charge in [-0.3, -0.25) is 4.79 Å². The Hall–Kier alpha value is -1.59. The molecule has 1 amide bonds. The molecule has 0 saturated carbocycles. The summed E-state index contributed by atoms with van der Waals surface area (Å²) in [5.74, 6) is 0.575. The van der Waals surface area contributed by atoms with Gasteiger partial charge in [0.2, 0.25) is 0 Å². The minimum absolute atomic E-state index is 0.126. The molecule has 1 unspecified atom stereocenters. The molecule has 20 heavy (non-hydrogen) atoms. The van der Waals surface area contributed by atoms with Crippen LogP contribution in [0.2, 0.25) is 0 Å². The fourth-order valence-corrected chi connectivity index (χ4v) is 1.71. The minimum atomic E-state index is -0.538. The predicted octanol–water partition coefficient (Wildman–Crippen LogP) is 1.37. The third kappa shape index (κ3) is 5.19. The Bertz CT molecular complexity index is 435. The van der Waals surface area contributed by atoms with Crippen LogP contribution in [0.15, 0.2) is 18.2 Å². The van der Waals surface area contributed by atoms with Crippen LogP contribution in [0.25, 0.3) is 0 Å². The summed E-state index contributed by atoms with van der Waals surface area (Å²) in [5, 5.41) is 2.82. The maximum Gasteiger partial charge on any atom is 0.260 e. The summed E-state index contributed by atoms with van der Waals surface area (Å²) in [4.78, 5) is 11.9. The third-order valence-corrected chi connectivity index (χ3v) is 2.99. The van der Waals surface area contributed by atoms with E-state index in [1.54, 1.807) is 14.0 Å². The first-order valence-electron chi connectivity index (χ1n) is 6.81. The van der Waals surface area contributed by atoms with Gasteiger partial charge >= 0.3 is 0 Å². The van der Waals surface area contributed by atoms with Gasteiger partial charge in [0.05, 0.1) is 0 Å². The quantitative estimate of drug-likeness (QED) is 0.705. The number of methoxy groups -OCH3 is 1. The van der Waals surface area contributed by atoms with Gasteiger partial charge in [-0.05, 0) is 37.5 Å². The van der Waals surface area contributed by atoms with Crippen LogP contribution < -0.4 is 15.8 Å². The molecule has 0 heterocycles. The number of hydrogen-bond donors (Lipinski definition) is 2. The molecule has 1 rings (SSSR count). The molecule has 0 aliphatic carbocycles. The predicted molar refractivity (Wildman–Crippen MR) is 78.7 cm³/mol. The minimum Gasteiger partial charge on any atom is -0.481 e. The zero-order valence-electron chi connectivity index (χ0n) is 12.4. The normalized spacial score (nSPS) is 12.0. The number of benzene rings is 1. The molecule has 0 aliphatic heterocycles. The van der Waals surface area contributed by atoms with Crippen molar-refractivity contribution in [1.29, 1.82) is 0 Å². The summed E-state index contributed by atoms with van der Waals surface area (Å²) in [7, 11) is 1.64. The smallest absolute Gasteiger partial charge is 0.260 e. The molecule has 0 spiro atoms. The summed E-state index contributed by atoms with van der Waals surface area (Å²) in [6.07, 6.45) is 0.251. The van der Waals surface area contributed by atoms with Crippen molar-refractivity contribution in [1.82, 2.24) is 5.32 Å². The van der Waals surface area contributed by atoms with Gasteiger partial charge in [-0.1, -0.05) is 12.1 Å². The van der Waals surface area contributed by atoms with Gasteiger partial charge in [0, 0.05) is 26.8 Å². The molecule has 0 aliphatic rings. The zero-order valence-corrected chi connectivity index (χ0v) is 12.4. The van der Waals surface area contributed by atoms with Crippen LogP contribution in [-0.4, -0.2) is 32.3 Å². The van der Waals surface area contributed by atoms with E-state index < -0.39 is 6.10 Å².